The zero-order valence-corrected chi connectivity index (χ0v) is 63.1. The van der Waals surface area contributed by atoms with Crippen molar-refractivity contribution < 1.29 is 40.6 Å². The lowest BCUT2D eigenvalue weighted by Gasteiger charge is -2.35. The van der Waals surface area contributed by atoms with Crippen LogP contribution < -0.4 is 10.5 Å². The maximum absolute atomic E-state index is 13.6. The molecule has 3 aliphatic heterocycles. The van der Waals surface area contributed by atoms with Crippen molar-refractivity contribution in [3.63, 3.8) is 0 Å². The summed E-state index contributed by atoms with van der Waals surface area (Å²) in [7, 11) is -3.38. The van der Waals surface area contributed by atoms with Crippen LogP contribution in [0.4, 0.5) is 26.3 Å². The van der Waals surface area contributed by atoms with Crippen molar-refractivity contribution in [1.29, 1.82) is 0 Å². The van der Waals surface area contributed by atoms with Crippen LogP contribution in [0.15, 0.2) is 91.5 Å². The molecule has 0 unspecified atom stereocenters. The van der Waals surface area contributed by atoms with Crippen molar-refractivity contribution >= 4 is 32.8 Å². The van der Waals surface area contributed by atoms with E-state index in [2.05, 4.69) is 144 Å². The van der Waals surface area contributed by atoms with E-state index in [1.54, 1.807) is 30.6 Å². The lowest BCUT2D eigenvalue weighted by molar-refractivity contribution is -0.139. The summed E-state index contributed by atoms with van der Waals surface area (Å²) in [5, 5.41) is 11.5. The summed E-state index contributed by atoms with van der Waals surface area (Å²) in [6.07, 6.45) is -2.24. The lowest BCUT2D eigenvalue weighted by Crippen LogP contribution is -2.46. The van der Waals surface area contributed by atoms with E-state index in [0.717, 1.165) is 103 Å². The highest BCUT2D eigenvalue weighted by Gasteiger charge is 2.37. The molecule has 1 N–H and O–H groups in total. The second kappa shape index (κ2) is 32.6. The predicted octanol–water partition coefficient (Wildman–Crippen LogP) is 14.6. The summed E-state index contributed by atoms with van der Waals surface area (Å²) in [6.45, 7) is 54.2. The number of alkyl halides is 6. The zero-order chi connectivity index (χ0) is 69.9. The largest absolute Gasteiger partial charge is 0.416 e. The van der Waals surface area contributed by atoms with E-state index in [9.17, 15) is 35.5 Å². The van der Waals surface area contributed by atoms with Crippen molar-refractivity contribution in [2.24, 2.45) is 0 Å². The van der Waals surface area contributed by atoms with Crippen LogP contribution in [0.25, 0.3) is 0 Å². The van der Waals surface area contributed by atoms with Crippen molar-refractivity contribution in [3.05, 3.63) is 147 Å². The molecule has 4 aromatic carbocycles. The van der Waals surface area contributed by atoms with Gasteiger partial charge in [0.05, 0.1) is 39.3 Å². The third kappa shape index (κ3) is 26.8. The summed E-state index contributed by atoms with van der Waals surface area (Å²) >= 11 is 0. The summed E-state index contributed by atoms with van der Waals surface area (Å²) in [6, 6.07) is 23.3. The average Bonchev–Trinajstić information content (AvgIpc) is 0.911. The Balaban J connectivity index is 0.000000226. The van der Waals surface area contributed by atoms with Gasteiger partial charge in [-0.05, 0) is 124 Å². The van der Waals surface area contributed by atoms with Crippen LogP contribution in [0.1, 0.15) is 139 Å². The molecule has 93 heavy (non-hydrogen) atoms. The van der Waals surface area contributed by atoms with Gasteiger partial charge in [0.15, 0.2) is 0 Å². The second-order valence-electron chi connectivity index (χ2n) is 32.2. The van der Waals surface area contributed by atoms with Crippen molar-refractivity contribution in [2.75, 3.05) is 138 Å². The van der Waals surface area contributed by atoms with Gasteiger partial charge in [-0.2, -0.15) is 26.3 Å². The maximum Gasteiger partial charge on any atom is 0.416 e. The molecule has 0 radical (unpaired) electrons. The molecule has 0 atom stereocenters. The van der Waals surface area contributed by atoms with Crippen molar-refractivity contribution in [3.8, 4) is 0 Å². The Morgan fingerprint density at radius 3 is 1.26 bits per heavy atom. The molecule has 0 aliphatic carbocycles. The summed E-state index contributed by atoms with van der Waals surface area (Å²) in [5.74, 6) is 0. The Morgan fingerprint density at radius 2 is 0.882 bits per heavy atom. The monoisotopic (exact) mass is 1360 g/mol. The van der Waals surface area contributed by atoms with Gasteiger partial charge in [0.2, 0.25) is 0 Å². The lowest BCUT2D eigenvalue weighted by atomic mass is 9.85. The van der Waals surface area contributed by atoms with E-state index in [4.69, 9.17) is 5.11 Å². The number of benzene rings is 4. The van der Waals surface area contributed by atoms with E-state index < -0.39 is 45.8 Å². The molecule has 4 heterocycles. The van der Waals surface area contributed by atoms with Crippen molar-refractivity contribution in [1.82, 2.24) is 39.0 Å². The fraction of sp³-hybridized carbons (Fsp3) is 0.630. The van der Waals surface area contributed by atoms with E-state index in [-0.39, 0.29) is 28.3 Å². The van der Waals surface area contributed by atoms with Gasteiger partial charge in [-0.1, -0.05) is 156 Å². The minimum atomic E-state index is -4.35. The number of likely N-dealkylation sites (N-methyl/N-ethyl adjacent to an activating group) is 1. The van der Waals surface area contributed by atoms with Gasteiger partial charge >= 0.3 is 12.4 Å². The Kier molecular flexibility index (Phi) is 28.0. The molecule has 0 spiro atoms. The highest BCUT2D eigenvalue weighted by Crippen LogP contribution is 2.40. The highest BCUT2D eigenvalue weighted by molar-refractivity contribution is 7.70. The standard InChI is InChI=1S/C20H32F3N2OP.C18H27F3N2O.C18H31N2OP.C17H26N2Si/c1-19(2,3)17-7-6-16(18(14-17)20(21,22)23)15-25-10-8-24(9-11-25)12-13-27(4,5)26;1-17(2,3)15-5-4-14(16(12-15)18(19,20)21)13-23-8-6-22(7-9-23)10-11-24;1-18(2,3)16-11-15(12-17(13-16)22(5,6)21)14-20-9-7-19(4)8-10-20;1-17(2,3)15-9-14(12-19-8-7-18-13-19)10-16(11-15)20(4,5)6/h6-7,14H,8-13,15H2,1-5H3;4-5,12,24H,6-11,13H2,1-3H3;11-13H,7-10,14H2,1-6H3;7-11,13H,12H2,1-6H3. The number of β-amino-alcohol motifs (C(OH)–C–C–N with tert-alkyl or cyclic N) is 1. The molecule has 8 rings (SSSR count). The SMILES string of the molecule is CC(C)(C)c1cc(Cn2ccnc2)cc([Si](C)(C)C)c1.CC(C)(C)c1ccc(CN2CCN(CCO)CC2)c(C(F)(F)F)c1.CC(C)(C)c1ccc(CN2CCN(CCP(C)(C)=O)CC2)c(C(F)(F)F)c1.CN1CCN(Cc2cc(C(C)(C)C)cc(P(C)(C)=O)c2)CC1. The molecular formula is C73H116F6N8O3P2Si. The second-order valence-corrected chi connectivity index (χ2v) is 44.1. The smallest absolute Gasteiger partial charge is 0.395 e. The zero-order valence-electron chi connectivity index (χ0n) is 60.3. The molecule has 0 saturated carbocycles. The molecular weight excluding hydrogens is 1240 g/mol. The van der Waals surface area contributed by atoms with Crippen LogP contribution in [-0.2, 0) is 69.3 Å². The molecule has 0 bridgehead atoms. The van der Waals surface area contributed by atoms with E-state index in [1.807, 2.05) is 85.7 Å². The summed E-state index contributed by atoms with van der Waals surface area (Å²) in [5.41, 5.74) is 6.11. The molecule has 3 saturated heterocycles. The normalized spacial score (nSPS) is 17.1. The highest BCUT2D eigenvalue weighted by atomic mass is 31.2. The summed E-state index contributed by atoms with van der Waals surface area (Å²) in [4.78, 5) is 17.5. The molecule has 1 aromatic heterocycles. The molecule has 3 aliphatic rings. The first-order chi connectivity index (χ1) is 42.6. The number of aliphatic hydroxyl groups is 1. The average molecular weight is 1360 g/mol. The van der Waals surface area contributed by atoms with Crippen LogP contribution in [0.2, 0.25) is 19.6 Å². The fourth-order valence-electron chi connectivity index (χ4n) is 11.3. The van der Waals surface area contributed by atoms with Gasteiger partial charge in [-0.25, -0.2) is 4.98 Å². The number of hydrogen-bond acceptors (Lipinski definition) is 10. The minimum absolute atomic E-state index is 0.0854. The topological polar surface area (TPSA) is 91.6 Å². The maximum atomic E-state index is 13.6. The molecule has 0 amide bonds. The number of halogens is 6. The first kappa shape index (κ1) is 79.8. The molecule has 3 fully saturated rings. The number of piperazine rings is 3. The van der Waals surface area contributed by atoms with Gasteiger partial charge in [-0.3, -0.25) is 19.6 Å². The van der Waals surface area contributed by atoms with Crippen LogP contribution >= 0.6 is 14.3 Å². The molecule has 20 heteroatoms. The van der Waals surface area contributed by atoms with E-state index >= 15 is 0 Å². The van der Waals surface area contributed by atoms with Crippen LogP contribution in [0, 0.1) is 0 Å². The van der Waals surface area contributed by atoms with Gasteiger partial charge in [-0.15, -0.1) is 0 Å². The third-order valence-electron chi connectivity index (χ3n) is 17.8. The Labute approximate surface area is 557 Å². The fourth-order valence-corrected chi connectivity index (χ4v) is 14.1. The number of imidazole rings is 1. The first-order valence-electron chi connectivity index (χ1n) is 33.3. The number of rotatable bonds is 15. The minimum Gasteiger partial charge on any atom is -0.395 e. The van der Waals surface area contributed by atoms with Crippen molar-refractivity contribution in [2.45, 2.75) is 163 Å². The predicted molar refractivity (Wildman–Crippen MR) is 382 cm³/mol. The van der Waals surface area contributed by atoms with E-state index in [0.29, 0.717) is 48.0 Å². The molecule has 5 aromatic rings. The number of nitrogens with zero attached hydrogens (tertiary/aromatic N) is 8. The number of aliphatic hydroxyl groups excluding tert-OH is 1. The van der Waals surface area contributed by atoms with Crippen LogP contribution in [0.5, 0.6) is 0 Å². The van der Waals surface area contributed by atoms with Gasteiger partial charge < -0.3 is 28.6 Å². The van der Waals surface area contributed by atoms with E-state index in [1.165, 1.54) is 34.4 Å². The van der Waals surface area contributed by atoms with Crippen LogP contribution in [0.3, 0.4) is 0 Å². The van der Waals surface area contributed by atoms with Gasteiger partial charge in [0.25, 0.3) is 0 Å². The van der Waals surface area contributed by atoms with Gasteiger partial charge in [0.1, 0.15) is 7.14 Å². The first-order valence-corrected chi connectivity index (χ1v) is 42.1. The van der Waals surface area contributed by atoms with Gasteiger partial charge in [0, 0.05) is 142 Å². The molecule has 522 valence electrons. The number of hydrogen-bond donors (Lipinski definition) is 1. The summed E-state index contributed by atoms with van der Waals surface area (Å²) < 4.78 is 108. The van der Waals surface area contributed by atoms with Crippen LogP contribution in [-0.4, -0.2) is 190 Å². The Morgan fingerprint density at radius 1 is 0.484 bits per heavy atom. The Hall–Kier alpha value is -3.93. The number of aromatic nitrogens is 2. The Bertz CT molecular complexity index is 3200. The third-order valence-corrected chi connectivity index (χ3v) is 22.6. The quantitative estimate of drug-likeness (QED) is 0.0621. The molecule has 11 nitrogen and oxygen atoms in total.